The molecule has 0 aromatic heterocycles. The highest BCUT2D eigenvalue weighted by molar-refractivity contribution is 5.93. The van der Waals surface area contributed by atoms with Crippen molar-refractivity contribution >= 4 is 23.2 Å². The van der Waals surface area contributed by atoms with E-state index in [1.54, 1.807) is 6.92 Å². The minimum Gasteiger partial charge on any atom is -0.397 e. The first-order chi connectivity index (χ1) is 10.5. The molecule has 0 bridgehead atoms. The van der Waals surface area contributed by atoms with Crippen LogP contribution in [0.5, 0.6) is 0 Å². The van der Waals surface area contributed by atoms with E-state index in [-0.39, 0.29) is 17.5 Å². The van der Waals surface area contributed by atoms with Gasteiger partial charge in [-0.05, 0) is 43.4 Å². The van der Waals surface area contributed by atoms with Crippen molar-refractivity contribution < 1.29 is 14.0 Å². The molecule has 3 N–H and O–H groups in total. The summed E-state index contributed by atoms with van der Waals surface area (Å²) in [4.78, 5) is 25.0. The van der Waals surface area contributed by atoms with E-state index in [0.717, 1.165) is 32.4 Å². The van der Waals surface area contributed by atoms with Crippen LogP contribution < -0.4 is 11.1 Å². The Labute approximate surface area is 129 Å². The van der Waals surface area contributed by atoms with Crippen LogP contribution in [0, 0.1) is 11.7 Å². The summed E-state index contributed by atoms with van der Waals surface area (Å²) in [5, 5.41) is 2.71. The first-order valence-electron chi connectivity index (χ1n) is 7.56. The molecule has 2 amide bonds. The number of nitrogens with two attached hydrogens (primary N) is 1. The van der Waals surface area contributed by atoms with Crippen LogP contribution in [0.1, 0.15) is 32.6 Å². The number of hydrogen-bond donors (Lipinski definition) is 2. The number of carbonyl (C=O) groups is 2. The summed E-state index contributed by atoms with van der Waals surface area (Å²) >= 11 is 0. The van der Waals surface area contributed by atoms with Crippen molar-refractivity contribution in [2.45, 2.75) is 32.6 Å². The van der Waals surface area contributed by atoms with Gasteiger partial charge < -0.3 is 16.0 Å². The number of benzene rings is 1. The Kier molecular flexibility index (Phi) is 5.35. The zero-order valence-corrected chi connectivity index (χ0v) is 12.8. The van der Waals surface area contributed by atoms with E-state index in [1.807, 2.05) is 4.90 Å². The molecule has 1 aliphatic rings. The zero-order chi connectivity index (χ0) is 16.1. The minimum atomic E-state index is -0.423. The molecule has 0 unspecified atom stereocenters. The predicted octanol–water partition coefficient (Wildman–Crippen LogP) is 2.39. The third kappa shape index (κ3) is 4.44. The number of nitrogen functional groups attached to an aromatic ring is 1. The van der Waals surface area contributed by atoms with Crippen LogP contribution in [-0.4, -0.2) is 29.8 Å². The maximum atomic E-state index is 12.9. The SMILES string of the molecule is CC(=O)N1CCC(CCC(=O)Nc2ccc(F)cc2N)CC1. The molecule has 1 aliphatic heterocycles. The van der Waals surface area contributed by atoms with E-state index in [2.05, 4.69) is 5.32 Å². The number of carbonyl (C=O) groups excluding carboxylic acids is 2. The first kappa shape index (κ1) is 16.3. The molecule has 1 heterocycles. The molecule has 1 aromatic carbocycles. The fourth-order valence-corrected chi connectivity index (χ4v) is 2.73. The van der Waals surface area contributed by atoms with Crippen LogP contribution >= 0.6 is 0 Å². The van der Waals surface area contributed by atoms with Gasteiger partial charge in [-0.15, -0.1) is 0 Å². The van der Waals surface area contributed by atoms with Gasteiger partial charge in [-0.2, -0.15) is 0 Å². The molecule has 0 spiro atoms. The number of halogens is 1. The molecular weight excluding hydrogens is 285 g/mol. The summed E-state index contributed by atoms with van der Waals surface area (Å²) in [6.07, 6.45) is 3.07. The zero-order valence-electron chi connectivity index (χ0n) is 12.8. The van der Waals surface area contributed by atoms with Crippen molar-refractivity contribution in [1.82, 2.24) is 4.90 Å². The van der Waals surface area contributed by atoms with Crippen LogP contribution in [0.25, 0.3) is 0 Å². The molecule has 1 fully saturated rings. The monoisotopic (exact) mass is 307 g/mol. The normalized spacial score (nSPS) is 15.6. The van der Waals surface area contributed by atoms with Crippen molar-refractivity contribution in [2.24, 2.45) is 5.92 Å². The number of nitrogens with one attached hydrogen (secondary N) is 1. The number of likely N-dealkylation sites (tertiary alicyclic amines) is 1. The topological polar surface area (TPSA) is 75.4 Å². The summed E-state index contributed by atoms with van der Waals surface area (Å²) in [6.45, 7) is 3.12. The Hall–Kier alpha value is -2.11. The van der Waals surface area contributed by atoms with E-state index in [0.29, 0.717) is 18.0 Å². The van der Waals surface area contributed by atoms with E-state index in [1.165, 1.54) is 18.2 Å². The van der Waals surface area contributed by atoms with Gasteiger partial charge in [-0.25, -0.2) is 4.39 Å². The highest BCUT2D eigenvalue weighted by Crippen LogP contribution is 2.23. The lowest BCUT2D eigenvalue weighted by atomic mass is 9.92. The Balaban J connectivity index is 1.75. The van der Waals surface area contributed by atoms with Gasteiger partial charge in [0.1, 0.15) is 5.82 Å². The van der Waals surface area contributed by atoms with Crippen LogP contribution in [0.2, 0.25) is 0 Å². The second kappa shape index (κ2) is 7.24. The van der Waals surface area contributed by atoms with Gasteiger partial charge in [-0.3, -0.25) is 9.59 Å². The predicted molar refractivity (Wildman–Crippen MR) is 83.7 cm³/mol. The van der Waals surface area contributed by atoms with Crippen molar-refractivity contribution in [3.63, 3.8) is 0 Å². The fraction of sp³-hybridized carbons (Fsp3) is 0.500. The summed E-state index contributed by atoms with van der Waals surface area (Å²) in [5.74, 6) is 0.0370. The van der Waals surface area contributed by atoms with Gasteiger partial charge in [0.25, 0.3) is 0 Å². The minimum absolute atomic E-state index is 0.114. The quantitative estimate of drug-likeness (QED) is 0.839. The lowest BCUT2D eigenvalue weighted by Crippen LogP contribution is -2.37. The van der Waals surface area contributed by atoms with Crippen molar-refractivity contribution in [3.8, 4) is 0 Å². The van der Waals surface area contributed by atoms with Gasteiger partial charge in [0.05, 0.1) is 11.4 Å². The average molecular weight is 307 g/mol. The number of nitrogens with zero attached hydrogens (tertiary/aromatic N) is 1. The molecule has 1 aromatic rings. The molecular formula is C16H22FN3O2. The van der Waals surface area contributed by atoms with E-state index in [9.17, 15) is 14.0 Å². The van der Waals surface area contributed by atoms with Gasteiger partial charge >= 0.3 is 0 Å². The summed E-state index contributed by atoms with van der Waals surface area (Å²) in [7, 11) is 0. The number of anilines is 2. The van der Waals surface area contributed by atoms with E-state index in [4.69, 9.17) is 5.73 Å². The molecule has 0 radical (unpaired) electrons. The fourth-order valence-electron chi connectivity index (χ4n) is 2.73. The number of piperidine rings is 1. The highest BCUT2D eigenvalue weighted by atomic mass is 19.1. The Bertz CT molecular complexity index is 554. The maximum Gasteiger partial charge on any atom is 0.224 e. The largest absolute Gasteiger partial charge is 0.397 e. The lowest BCUT2D eigenvalue weighted by Gasteiger charge is -2.31. The molecule has 22 heavy (non-hydrogen) atoms. The van der Waals surface area contributed by atoms with Crippen molar-refractivity contribution in [3.05, 3.63) is 24.0 Å². The molecule has 120 valence electrons. The number of hydrogen-bond acceptors (Lipinski definition) is 3. The second-order valence-corrected chi connectivity index (χ2v) is 5.77. The summed E-state index contributed by atoms with van der Waals surface area (Å²) in [6, 6.07) is 3.92. The van der Waals surface area contributed by atoms with E-state index < -0.39 is 5.82 Å². The number of amides is 2. The maximum absolute atomic E-state index is 12.9. The molecule has 0 atom stereocenters. The molecule has 2 rings (SSSR count). The van der Waals surface area contributed by atoms with Gasteiger partial charge in [-0.1, -0.05) is 0 Å². The Morgan fingerprint density at radius 1 is 1.36 bits per heavy atom. The third-order valence-corrected chi connectivity index (χ3v) is 4.13. The average Bonchev–Trinajstić information content (AvgIpc) is 2.48. The molecule has 5 nitrogen and oxygen atoms in total. The van der Waals surface area contributed by atoms with Crippen LogP contribution in [0.3, 0.4) is 0 Å². The van der Waals surface area contributed by atoms with E-state index >= 15 is 0 Å². The summed E-state index contributed by atoms with van der Waals surface area (Å²) in [5.41, 5.74) is 6.33. The lowest BCUT2D eigenvalue weighted by molar-refractivity contribution is -0.130. The number of rotatable bonds is 4. The van der Waals surface area contributed by atoms with Gasteiger partial charge in [0.2, 0.25) is 11.8 Å². The van der Waals surface area contributed by atoms with Crippen molar-refractivity contribution in [1.29, 1.82) is 0 Å². The third-order valence-electron chi connectivity index (χ3n) is 4.13. The van der Waals surface area contributed by atoms with Crippen LogP contribution in [-0.2, 0) is 9.59 Å². The van der Waals surface area contributed by atoms with Gasteiger partial charge in [0, 0.05) is 26.4 Å². The standard InChI is InChI=1S/C16H22FN3O2/c1-11(21)20-8-6-12(7-9-20)2-5-16(22)19-15-4-3-13(17)10-14(15)18/h3-4,10,12H,2,5-9,18H2,1H3,(H,19,22). The molecule has 0 saturated carbocycles. The summed E-state index contributed by atoms with van der Waals surface area (Å²) < 4.78 is 12.9. The van der Waals surface area contributed by atoms with Crippen LogP contribution in [0.4, 0.5) is 15.8 Å². The van der Waals surface area contributed by atoms with Crippen LogP contribution in [0.15, 0.2) is 18.2 Å². The van der Waals surface area contributed by atoms with Gasteiger partial charge in [0.15, 0.2) is 0 Å². The highest BCUT2D eigenvalue weighted by Gasteiger charge is 2.21. The van der Waals surface area contributed by atoms with Crippen molar-refractivity contribution in [2.75, 3.05) is 24.1 Å². The molecule has 1 saturated heterocycles. The molecule has 6 heteroatoms. The first-order valence-corrected chi connectivity index (χ1v) is 7.56. The Morgan fingerprint density at radius 3 is 2.64 bits per heavy atom. The smallest absolute Gasteiger partial charge is 0.224 e. The molecule has 0 aliphatic carbocycles. The Morgan fingerprint density at radius 2 is 2.05 bits per heavy atom. The second-order valence-electron chi connectivity index (χ2n) is 5.77.